The van der Waals surface area contributed by atoms with Gasteiger partial charge in [-0.25, -0.2) is 0 Å². The van der Waals surface area contributed by atoms with Crippen molar-refractivity contribution in [2.24, 2.45) is 0 Å². The summed E-state index contributed by atoms with van der Waals surface area (Å²) in [5, 5.41) is 0. The third-order valence-corrected chi connectivity index (χ3v) is 2.59. The largest absolute Gasteiger partial charge is 0.458 e. The molecule has 1 N–H and O–H groups in total. The van der Waals surface area contributed by atoms with E-state index in [0.717, 1.165) is 11.1 Å². The normalized spacial score (nSPS) is 12.1. The van der Waals surface area contributed by atoms with Gasteiger partial charge >= 0.3 is 5.97 Å². The lowest BCUT2D eigenvalue weighted by Gasteiger charge is -2.13. The topological polar surface area (TPSA) is 42.1 Å². The zero-order valence-electron chi connectivity index (χ0n) is 9.72. The molecule has 0 spiro atoms. The number of hydrogen-bond donors (Lipinski definition) is 1. The maximum absolute atomic E-state index is 11.7. The van der Waals surface area contributed by atoms with Crippen LogP contribution in [0.2, 0.25) is 0 Å². The summed E-state index contributed by atoms with van der Waals surface area (Å²) in [5.41, 5.74) is 1.95. The van der Waals surface area contributed by atoms with Crippen molar-refractivity contribution in [3.8, 4) is 0 Å². The van der Waals surface area contributed by atoms with Crippen molar-refractivity contribution >= 4 is 5.97 Å². The highest BCUT2D eigenvalue weighted by molar-refractivity contribution is 5.72. The minimum atomic E-state index is -0.207. The van der Waals surface area contributed by atoms with Crippen LogP contribution in [0.3, 0.4) is 0 Å². The van der Waals surface area contributed by atoms with E-state index in [-0.39, 0.29) is 12.1 Å². The van der Waals surface area contributed by atoms with Gasteiger partial charge in [0.1, 0.15) is 6.10 Å². The van der Waals surface area contributed by atoms with Crippen molar-refractivity contribution in [2.45, 2.75) is 19.4 Å². The molecule has 1 atom stereocenters. The van der Waals surface area contributed by atoms with Crippen LogP contribution in [0, 0.1) is 0 Å². The fourth-order valence-electron chi connectivity index (χ4n) is 1.67. The van der Waals surface area contributed by atoms with E-state index in [0.29, 0.717) is 6.42 Å². The molecule has 0 aliphatic heterocycles. The second-order valence-electron chi connectivity index (χ2n) is 3.94. The van der Waals surface area contributed by atoms with Gasteiger partial charge < -0.3 is 9.72 Å². The summed E-state index contributed by atoms with van der Waals surface area (Å²) >= 11 is 0. The molecular formula is C14H15NO2. The summed E-state index contributed by atoms with van der Waals surface area (Å²) in [7, 11) is 0. The number of hydrogen-bond acceptors (Lipinski definition) is 2. The van der Waals surface area contributed by atoms with Crippen LogP contribution in [0.1, 0.15) is 24.2 Å². The molecule has 1 aromatic carbocycles. The van der Waals surface area contributed by atoms with Gasteiger partial charge in [0.05, 0.1) is 6.42 Å². The average Bonchev–Trinajstić information content (AvgIpc) is 2.82. The highest BCUT2D eigenvalue weighted by Crippen LogP contribution is 2.16. The number of carbonyl (C=O) groups excluding carboxylic acids is 1. The van der Waals surface area contributed by atoms with E-state index in [9.17, 15) is 4.79 Å². The summed E-state index contributed by atoms with van der Waals surface area (Å²) in [6.45, 7) is 1.88. The Bertz CT molecular complexity index is 462. The van der Waals surface area contributed by atoms with Crippen LogP contribution in [0.15, 0.2) is 48.8 Å². The highest BCUT2D eigenvalue weighted by atomic mass is 16.5. The molecule has 0 saturated heterocycles. The number of esters is 1. The van der Waals surface area contributed by atoms with E-state index >= 15 is 0 Å². The Kier molecular flexibility index (Phi) is 3.60. The second-order valence-corrected chi connectivity index (χ2v) is 3.94. The first-order chi connectivity index (χ1) is 8.25. The van der Waals surface area contributed by atoms with E-state index in [4.69, 9.17) is 4.74 Å². The predicted molar refractivity (Wildman–Crippen MR) is 65.4 cm³/mol. The third kappa shape index (κ3) is 3.21. The van der Waals surface area contributed by atoms with Gasteiger partial charge in [-0.05, 0) is 24.1 Å². The van der Waals surface area contributed by atoms with Gasteiger partial charge in [0.25, 0.3) is 0 Å². The zero-order chi connectivity index (χ0) is 12.1. The van der Waals surface area contributed by atoms with Gasteiger partial charge in [-0.1, -0.05) is 30.3 Å². The molecule has 0 aliphatic carbocycles. The first kappa shape index (κ1) is 11.5. The molecule has 0 bridgehead atoms. The minimum Gasteiger partial charge on any atom is -0.458 e. The Morgan fingerprint density at radius 2 is 2.06 bits per heavy atom. The molecule has 17 heavy (non-hydrogen) atoms. The van der Waals surface area contributed by atoms with Gasteiger partial charge in [-0.3, -0.25) is 4.79 Å². The predicted octanol–water partition coefficient (Wildman–Crippen LogP) is 2.86. The molecular weight excluding hydrogens is 214 g/mol. The Morgan fingerprint density at radius 3 is 2.71 bits per heavy atom. The number of rotatable bonds is 4. The van der Waals surface area contributed by atoms with Crippen LogP contribution in [0.25, 0.3) is 0 Å². The van der Waals surface area contributed by atoms with Crippen molar-refractivity contribution in [1.29, 1.82) is 0 Å². The standard InChI is InChI=1S/C14H15NO2/c1-11(13-5-3-2-4-6-13)17-14(16)9-12-7-8-15-10-12/h2-8,10-11,15H,9H2,1H3/t11-/m1/s1. The van der Waals surface area contributed by atoms with E-state index < -0.39 is 0 Å². The number of carbonyl (C=O) groups is 1. The van der Waals surface area contributed by atoms with Crippen LogP contribution in [0.4, 0.5) is 0 Å². The smallest absolute Gasteiger partial charge is 0.310 e. The van der Waals surface area contributed by atoms with Gasteiger partial charge in [-0.15, -0.1) is 0 Å². The minimum absolute atomic E-state index is 0.206. The Labute approximate surface area is 100 Å². The van der Waals surface area contributed by atoms with Crippen LogP contribution in [-0.2, 0) is 16.0 Å². The van der Waals surface area contributed by atoms with Crippen molar-refractivity contribution in [1.82, 2.24) is 4.98 Å². The van der Waals surface area contributed by atoms with E-state index in [1.807, 2.05) is 43.3 Å². The summed E-state index contributed by atoms with van der Waals surface area (Å²) < 4.78 is 5.36. The van der Waals surface area contributed by atoms with Crippen molar-refractivity contribution in [3.05, 3.63) is 59.9 Å². The van der Waals surface area contributed by atoms with E-state index in [1.165, 1.54) is 0 Å². The second kappa shape index (κ2) is 5.34. The molecule has 1 heterocycles. The summed E-state index contributed by atoms with van der Waals surface area (Å²) in [6.07, 6.45) is 3.70. The first-order valence-corrected chi connectivity index (χ1v) is 5.62. The van der Waals surface area contributed by atoms with E-state index in [1.54, 1.807) is 12.4 Å². The molecule has 0 aliphatic rings. The van der Waals surface area contributed by atoms with Gasteiger partial charge in [-0.2, -0.15) is 0 Å². The summed E-state index contributed by atoms with van der Waals surface area (Å²) in [4.78, 5) is 14.6. The number of benzene rings is 1. The molecule has 0 unspecified atom stereocenters. The lowest BCUT2D eigenvalue weighted by molar-refractivity contribution is -0.147. The first-order valence-electron chi connectivity index (χ1n) is 5.62. The Balaban J connectivity index is 1.91. The molecule has 0 amide bonds. The van der Waals surface area contributed by atoms with Crippen LogP contribution in [-0.4, -0.2) is 11.0 Å². The molecule has 2 aromatic rings. The molecule has 0 fully saturated rings. The number of H-pyrrole nitrogens is 1. The molecule has 88 valence electrons. The fourth-order valence-corrected chi connectivity index (χ4v) is 1.67. The molecule has 0 radical (unpaired) electrons. The number of nitrogens with one attached hydrogen (secondary N) is 1. The molecule has 2 rings (SSSR count). The number of ether oxygens (including phenoxy) is 1. The molecule has 3 heteroatoms. The van der Waals surface area contributed by atoms with Gasteiger partial charge in [0.2, 0.25) is 0 Å². The highest BCUT2D eigenvalue weighted by Gasteiger charge is 2.11. The van der Waals surface area contributed by atoms with E-state index in [2.05, 4.69) is 4.98 Å². The lowest BCUT2D eigenvalue weighted by Crippen LogP contribution is -2.11. The van der Waals surface area contributed by atoms with Gasteiger partial charge in [0, 0.05) is 12.4 Å². The number of aromatic amines is 1. The monoisotopic (exact) mass is 229 g/mol. The summed E-state index contributed by atoms with van der Waals surface area (Å²) in [6, 6.07) is 11.6. The fraction of sp³-hybridized carbons (Fsp3) is 0.214. The maximum atomic E-state index is 11.7. The summed E-state index contributed by atoms with van der Waals surface area (Å²) in [5.74, 6) is -0.207. The average molecular weight is 229 g/mol. The third-order valence-electron chi connectivity index (χ3n) is 2.59. The van der Waals surface area contributed by atoms with Crippen LogP contribution >= 0.6 is 0 Å². The van der Waals surface area contributed by atoms with Crippen LogP contribution < -0.4 is 0 Å². The maximum Gasteiger partial charge on any atom is 0.310 e. The number of aromatic nitrogens is 1. The molecule has 0 saturated carbocycles. The Morgan fingerprint density at radius 1 is 1.29 bits per heavy atom. The molecule has 3 nitrogen and oxygen atoms in total. The van der Waals surface area contributed by atoms with Crippen LogP contribution in [0.5, 0.6) is 0 Å². The lowest BCUT2D eigenvalue weighted by atomic mass is 10.1. The zero-order valence-corrected chi connectivity index (χ0v) is 9.72. The quantitative estimate of drug-likeness (QED) is 0.819. The molecule has 1 aromatic heterocycles. The SMILES string of the molecule is C[C@@H](OC(=O)Cc1cc[nH]c1)c1ccccc1. The van der Waals surface area contributed by atoms with Crippen molar-refractivity contribution in [3.63, 3.8) is 0 Å². The van der Waals surface area contributed by atoms with Gasteiger partial charge in [0.15, 0.2) is 0 Å². The Hall–Kier alpha value is -2.03. The van der Waals surface area contributed by atoms with Crippen molar-refractivity contribution in [2.75, 3.05) is 0 Å². The van der Waals surface area contributed by atoms with Crippen molar-refractivity contribution < 1.29 is 9.53 Å².